The van der Waals surface area contributed by atoms with Gasteiger partial charge < -0.3 is 9.47 Å². The summed E-state index contributed by atoms with van der Waals surface area (Å²) in [6.07, 6.45) is 6.38. The van der Waals surface area contributed by atoms with Crippen molar-refractivity contribution in [1.29, 1.82) is 10.5 Å². The Morgan fingerprint density at radius 3 is 1.98 bits per heavy atom. The molecule has 0 aliphatic rings. The van der Waals surface area contributed by atoms with Crippen molar-refractivity contribution in [2.24, 2.45) is 26.4 Å². The number of carbonyl (C=O) groups is 1. The van der Waals surface area contributed by atoms with Crippen molar-refractivity contribution in [3.63, 3.8) is 0 Å². The van der Waals surface area contributed by atoms with Gasteiger partial charge in [0, 0.05) is 6.42 Å². The Balaban J connectivity index is 1.48. The fraction of sp³-hybridized carbons (Fsp3) is 0.308. The minimum atomic E-state index is -0.239. The second-order valence-corrected chi connectivity index (χ2v) is 11.3. The zero-order valence-corrected chi connectivity index (χ0v) is 27.7. The first-order valence-electron chi connectivity index (χ1n) is 16.4. The molecule has 0 aliphatic heterocycles. The van der Waals surface area contributed by atoms with Gasteiger partial charge in [-0.3, -0.25) is 4.79 Å². The van der Waals surface area contributed by atoms with Gasteiger partial charge in [-0.2, -0.15) is 31.0 Å². The highest BCUT2D eigenvalue weighted by Crippen LogP contribution is 2.30. The predicted octanol–water partition coefficient (Wildman–Crippen LogP) is 11.2. The number of azo groups is 2. The Kier molecular flexibility index (Phi) is 13.5. The van der Waals surface area contributed by atoms with Crippen LogP contribution < -0.4 is 9.47 Å². The van der Waals surface area contributed by atoms with Crippen molar-refractivity contribution < 1.29 is 14.3 Å². The fourth-order valence-electron chi connectivity index (χ4n) is 4.95. The predicted molar refractivity (Wildman–Crippen MR) is 186 cm³/mol. The van der Waals surface area contributed by atoms with Gasteiger partial charge in [0.2, 0.25) is 0 Å². The first-order chi connectivity index (χ1) is 23.5. The lowest BCUT2D eigenvalue weighted by Gasteiger charge is -2.11. The standard InChI is InChI=1S/C39H40N6O3/c1-4-7-8-9-22-47-36-17-13-34(14-18-36)43-45-38-21-10-28(26-40)23-32(38)24-31-25-35(12-11-30(31)27-41)44-42-33-15-19-37(20-16-33)48-39(46)29(5-2)6-3/h10-21,23,25,29H,4-9,22,24H2,1-3H3. The van der Waals surface area contributed by atoms with Crippen LogP contribution in [-0.4, -0.2) is 12.6 Å². The largest absolute Gasteiger partial charge is 0.494 e. The maximum absolute atomic E-state index is 12.3. The normalized spacial score (nSPS) is 11.1. The van der Waals surface area contributed by atoms with Crippen LogP contribution in [-0.2, 0) is 11.2 Å². The molecule has 0 aliphatic carbocycles. The summed E-state index contributed by atoms with van der Waals surface area (Å²) in [5, 5.41) is 37.0. The van der Waals surface area contributed by atoms with Gasteiger partial charge in [-0.05, 0) is 115 Å². The molecular formula is C39H40N6O3. The molecular weight excluding hydrogens is 600 g/mol. The Bertz CT molecular complexity index is 1800. The number of hydrogen-bond donors (Lipinski definition) is 0. The molecule has 0 amide bonds. The molecule has 0 saturated carbocycles. The number of hydrogen-bond acceptors (Lipinski definition) is 9. The number of carbonyl (C=O) groups excluding carboxylic acids is 1. The number of nitrogens with zero attached hydrogens (tertiary/aromatic N) is 6. The number of ether oxygens (including phenoxy) is 2. The molecule has 9 heteroatoms. The fourth-order valence-corrected chi connectivity index (χ4v) is 4.95. The highest BCUT2D eigenvalue weighted by Gasteiger charge is 2.16. The Labute approximate surface area is 282 Å². The van der Waals surface area contributed by atoms with Crippen molar-refractivity contribution in [3.05, 3.63) is 107 Å². The highest BCUT2D eigenvalue weighted by atomic mass is 16.5. The summed E-state index contributed by atoms with van der Waals surface area (Å²) in [7, 11) is 0. The van der Waals surface area contributed by atoms with Crippen LogP contribution in [0.3, 0.4) is 0 Å². The van der Waals surface area contributed by atoms with Gasteiger partial charge in [-0.1, -0.05) is 40.0 Å². The van der Waals surface area contributed by atoms with Crippen molar-refractivity contribution in [1.82, 2.24) is 0 Å². The summed E-state index contributed by atoms with van der Waals surface area (Å²) in [6, 6.07) is 29.2. The Morgan fingerprint density at radius 2 is 1.33 bits per heavy atom. The maximum Gasteiger partial charge on any atom is 0.314 e. The first-order valence-corrected chi connectivity index (χ1v) is 16.4. The minimum Gasteiger partial charge on any atom is -0.494 e. The van der Waals surface area contributed by atoms with E-state index in [4.69, 9.17) is 9.47 Å². The van der Waals surface area contributed by atoms with Crippen molar-refractivity contribution in [3.8, 4) is 23.6 Å². The molecule has 0 unspecified atom stereocenters. The van der Waals surface area contributed by atoms with Crippen LogP contribution in [0.25, 0.3) is 0 Å². The molecule has 0 atom stereocenters. The van der Waals surface area contributed by atoms with E-state index >= 15 is 0 Å². The van der Waals surface area contributed by atoms with Gasteiger partial charge in [0.25, 0.3) is 0 Å². The second-order valence-electron chi connectivity index (χ2n) is 11.3. The van der Waals surface area contributed by atoms with E-state index in [1.54, 1.807) is 60.7 Å². The molecule has 0 spiro atoms. The van der Waals surface area contributed by atoms with Gasteiger partial charge >= 0.3 is 5.97 Å². The van der Waals surface area contributed by atoms with E-state index in [2.05, 4.69) is 39.5 Å². The number of rotatable bonds is 16. The van der Waals surface area contributed by atoms with Gasteiger partial charge in [0.15, 0.2) is 0 Å². The molecule has 0 heterocycles. The van der Waals surface area contributed by atoms with E-state index in [1.807, 2.05) is 38.1 Å². The first kappa shape index (κ1) is 35.2. The molecule has 4 rings (SSSR count). The quantitative estimate of drug-likeness (QED) is 0.0520. The maximum atomic E-state index is 12.3. The van der Waals surface area contributed by atoms with E-state index < -0.39 is 0 Å². The van der Waals surface area contributed by atoms with Crippen LogP contribution in [0, 0.1) is 28.6 Å². The number of esters is 1. The van der Waals surface area contributed by atoms with Crippen LogP contribution in [0.1, 0.15) is 81.5 Å². The number of nitriles is 2. The smallest absolute Gasteiger partial charge is 0.314 e. The summed E-state index contributed by atoms with van der Waals surface area (Å²) < 4.78 is 11.3. The lowest BCUT2D eigenvalue weighted by molar-refractivity contribution is -0.139. The van der Waals surface area contributed by atoms with Crippen molar-refractivity contribution in [2.45, 2.75) is 65.7 Å². The lowest BCUT2D eigenvalue weighted by atomic mass is 9.97. The highest BCUT2D eigenvalue weighted by molar-refractivity contribution is 5.75. The third-order valence-electron chi connectivity index (χ3n) is 7.83. The van der Waals surface area contributed by atoms with Crippen LogP contribution in [0.4, 0.5) is 22.7 Å². The molecule has 0 N–H and O–H groups in total. The van der Waals surface area contributed by atoms with E-state index in [0.29, 0.717) is 58.2 Å². The van der Waals surface area contributed by atoms with Crippen LogP contribution >= 0.6 is 0 Å². The summed E-state index contributed by atoms with van der Waals surface area (Å²) in [4.78, 5) is 12.3. The van der Waals surface area contributed by atoms with E-state index in [1.165, 1.54) is 12.8 Å². The van der Waals surface area contributed by atoms with Crippen LogP contribution in [0.2, 0.25) is 0 Å². The summed E-state index contributed by atoms with van der Waals surface area (Å²) >= 11 is 0. The molecule has 4 aromatic carbocycles. The van der Waals surface area contributed by atoms with Gasteiger partial charge in [0.1, 0.15) is 11.5 Å². The topological polar surface area (TPSA) is 133 Å². The van der Waals surface area contributed by atoms with Crippen molar-refractivity contribution >= 4 is 28.7 Å². The van der Waals surface area contributed by atoms with Gasteiger partial charge in [0.05, 0.1) is 58.5 Å². The summed E-state index contributed by atoms with van der Waals surface area (Å²) in [6.45, 7) is 6.81. The summed E-state index contributed by atoms with van der Waals surface area (Å²) in [5.41, 5.74) is 4.81. The monoisotopic (exact) mass is 640 g/mol. The molecule has 9 nitrogen and oxygen atoms in total. The molecule has 48 heavy (non-hydrogen) atoms. The molecule has 244 valence electrons. The number of benzene rings is 4. The minimum absolute atomic E-state index is 0.126. The van der Waals surface area contributed by atoms with Crippen molar-refractivity contribution in [2.75, 3.05) is 6.61 Å². The molecule has 0 saturated heterocycles. The molecule has 0 fully saturated rings. The van der Waals surface area contributed by atoms with Crippen LogP contribution in [0.15, 0.2) is 105 Å². The third kappa shape index (κ3) is 10.4. The average molecular weight is 641 g/mol. The lowest BCUT2D eigenvalue weighted by Crippen LogP contribution is -2.19. The van der Waals surface area contributed by atoms with Gasteiger partial charge in [-0.25, -0.2) is 0 Å². The molecule has 0 bridgehead atoms. The van der Waals surface area contributed by atoms with Crippen LogP contribution in [0.5, 0.6) is 11.5 Å². The summed E-state index contributed by atoms with van der Waals surface area (Å²) in [5.74, 6) is 0.884. The molecule has 4 aromatic rings. The second kappa shape index (κ2) is 18.5. The molecule has 0 aromatic heterocycles. The van der Waals surface area contributed by atoms with E-state index in [-0.39, 0.29) is 11.9 Å². The number of unbranched alkanes of at least 4 members (excludes halogenated alkanes) is 3. The van der Waals surface area contributed by atoms with E-state index in [9.17, 15) is 15.3 Å². The Hall–Kier alpha value is -5.67. The van der Waals surface area contributed by atoms with E-state index in [0.717, 1.165) is 37.0 Å². The third-order valence-corrected chi connectivity index (χ3v) is 7.83. The zero-order chi connectivity index (χ0) is 34.1. The Morgan fingerprint density at radius 1 is 0.688 bits per heavy atom. The SMILES string of the molecule is CCCCCCOc1ccc(N=Nc2ccc(C#N)cc2Cc2cc(N=Nc3ccc(OC(=O)C(CC)CC)cc3)ccc2C#N)cc1. The average Bonchev–Trinajstić information content (AvgIpc) is 3.11. The van der Waals surface area contributed by atoms with Gasteiger partial charge in [-0.15, -0.1) is 0 Å². The molecule has 0 radical (unpaired) electrons. The zero-order valence-electron chi connectivity index (χ0n) is 27.7.